The minimum atomic E-state index is 0.902. The van der Waals surface area contributed by atoms with Gasteiger partial charge in [-0.3, -0.25) is 0 Å². The van der Waals surface area contributed by atoms with E-state index in [0.717, 1.165) is 10.2 Å². The summed E-state index contributed by atoms with van der Waals surface area (Å²) < 4.78 is 6.51. The number of benzene rings is 3. The molecule has 0 atom stereocenters. The molecule has 0 aliphatic rings. The summed E-state index contributed by atoms with van der Waals surface area (Å²) in [6.07, 6.45) is 0. The van der Waals surface area contributed by atoms with E-state index < -0.39 is 0 Å². The van der Waals surface area contributed by atoms with Gasteiger partial charge in [-0.2, -0.15) is 0 Å². The molecule has 0 heterocycles. The fourth-order valence-electron chi connectivity index (χ4n) is 2.24. The molecule has 0 aliphatic carbocycles. The van der Waals surface area contributed by atoms with E-state index >= 15 is 0 Å². The van der Waals surface area contributed by atoms with Crippen LogP contribution in [0.3, 0.4) is 0 Å². The Morgan fingerprint density at radius 3 is 2.41 bits per heavy atom. The zero-order chi connectivity index (χ0) is 11.8. The Balaban J connectivity index is 2.59. The van der Waals surface area contributed by atoms with E-state index in [1.807, 2.05) is 6.07 Å². The molecule has 0 radical (unpaired) electrons. The fraction of sp³-hybridized carbons (Fsp3) is 0.0667. The van der Waals surface area contributed by atoms with Crippen LogP contribution in [0.5, 0.6) is 5.75 Å². The van der Waals surface area contributed by atoms with Gasteiger partial charge in [-0.25, -0.2) is 0 Å². The number of methoxy groups -OCH3 is 1. The van der Waals surface area contributed by atoms with E-state index in [4.69, 9.17) is 4.74 Å². The van der Waals surface area contributed by atoms with E-state index in [1.54, 1.807) is 7.11 Å². The number of rotatable bonds is 1. The first-order valence-electron chi connectivity index (χ1n) is 5.45. The maximum atomic E-state index is 5.52. The molecular weight excluding hydrogens is 276 g/mol. The Bertz CT molecular complexity index is 704. The van der Waals surface area contributed by atoms with Crippen molar-refractivity contribution in [1.82, 2.24) is 0 Å². The number of halogens is 1. The van der Waals surface area contributed by atoms with Crippen LogP contribution in [0, 0.1) is 0 Å². The Labute approximate surface area is 108 Å². The van der Waals surface area contributed by atoms with E-state index in [-0.39, 0.29) is 0 Å². The molecule has 1 nitrogen and oxygen atoms in total. The second-order valence-corrected chi connectivity index (χ2v) is 4.82. The zero-order valence-corrected chi connectivity index (χ0v) is 11.0. The summed E-state index contributed by atoms with van der Waals surface area (Å²) in [6, 6.07) is 16.8. The third kappa shape index (κ3) is 1.60. The second-order valence-electron chi connectivity index (χ2n) is 3.97. The SMILES string of the molecule is COc1c(Br)ccc2ccc3ccccc3c12. The predicted molar refractivity (Wildman–Crippen MR) is 75.7 cm³/mol. The summed E-state index contributed by atoms with van der Waals surface area (Å²) in [5, 5.41) is 4.82. The average Bonchev–Trinajstić information content (AvgIpc) is 2.38. The van der Waals surface area contributed by atoms with Gasteiger partial charge in [0.1, 0.15) is 5.75 Å². The lowest BCUT2D eigenvalue weighted by atomic mass is 10.0. The van der Waals surface area contributed by atoms with E-state index in [2.05, 4.69) is 58.4 Å². The summed E-state index contributed by atoms with van der Waals surface area (Å²) in [5.41, 5.74) is 0. The van der Waals surface area contributed by atoms with Crippen molar-refractivity contribution in [3.8, 4) is 5.75 Å². The molecule has 3 aromatic carbocycles. The van der Waals surface area contributed by atoms with E-state index in [0.29, 0.717) is 0 Å². The summed E-state index contributed by atoms with van der Waals surface area (Å²) in [6.45, 7) is 0. The maximum absolute atomic E-state index is 5.52. The fourth-order valence-corrected chi connectivity index (χ4v) is 2.73. The highest BCUT2D eigenvalue weighted by molar-refractivity contribution is 9.10. The largest absolute Gasteiger partial charge is 0.495 e. The molecule has 0 saturated heterocycles. The zero-order valence-electron chi connectivity index (χ0n) is 9.41. The second kappa shape index (κ2) is 4.04. The molecule has 84 valence electrons. The lowest BCUT2D eigenvalue weighted by Gasteiger charge is -2.10. The highest BCUT2D eigenvalue weighted by Crippen LogP contribution is 2.37. The van der Waals surface area contributed by atoms with Gasteiger partial charge < -0.3 is 4.74 Å². The molecule has 3 rings (SSSR count). The minimum absolute atomic E-state index is 0.902. The molecule has 0 aromatic heterocycles. The van der Waals surface area contributed by atoms with Gasteiger partial charge in [0.25, 0.3) is 0 Å². The highest BCUT2D eigenvalue weighted by Gasteiger charge is 2.09. The van der Waals surface area contributed by atoms with Crippen molar-refractivity contribution in [1.29, 1.82) is 0 Å². The topological polar surface area (TPSA) is 9.23 Å². The van der Waals surface area contributed by atoms with Gasteiger partial charge in [0.15, 0.2) is 0 Å². The molecule has 17 heavy (non-hydrogen) atoms. The van der Waals surface area contributed by atoms with E-state index in [1.165, 1.54) is 21.5 Å². The molecular formula is C15H11BrO. The molecule has 3 aromatic rings. The van der Waals surface area contributed by atoms with Gasteiger partial charge in [0.05, 0.1) is 11.6 Å². The van der Waals surface area contributed by atoms with Crippen LogP contribution < -0.4 is 4.74 Å². The van der Waals surface area contributed by atoms with Crippen LogP contribution in [-0.4, -0.2) is 7.11 Å². The van der Waals surface area contributed by atoms with Crippen molar-refractivity contribution in [2.75, 3.05) is 7.11 Å². The van der Waals surface area contributed by atoms with Crippen molar-refractivity contribution in [3.05, 3.63) is 53.0 Å². The van der Waals surface area contributed by atoms with Gasteiger partial charge in [0.2, 0.25) is 0 Å². The van der Waals surface area contributed by atoms with Crippen molar-refractivity contribution in [2.45, 2.75) is 0 Å². The summed E-state index contributed by atoms with van der Waals surface area (Å²) in [7, 11) is 1.71. The molecule has 0 unspecified atom stereocenters. The Morgan fingerprint density at radius 1 is 0.882 bits per heavy atom. The molecule has 0 spiro atoms. The summed E-state index contributed by atoms with van der Waals surface area (Å²) >= 11 is 3.54. The van der Waals surface area contributed by atoms with Gasteiger partial charge in [-0.05, 0) is 38.2 Å². The summed E-state index contributed by atoms with van der Waals surface area (Å²) in [5.74, 6) is 0.902. The first-order chi connectivity index (χ1) is 8.31. The van der Waals surface area contributed by atoms with Crippen molar-refractivity contribution in [3.63, 3.8) is 0 Å². The van der Waals surface area contributed by atoms with Crippen LogP contribution in [0.25, 0.3) is 21.5 Å². The Kier molecular flexibility index (Phi) is 2.52. The maximum Gasteiger partial charge on any atom is 0.141 e. The van der Waals surface area contributed by atoms with Crippen molar-refractivity contribution in [2.24, 2.45) is 0 Å². The van der Waals surface area contributed by atoms with Crippen LogP contribution in [-0.2, 0) is 0 Å². The quantitative estimate of drug-likeness (QED) is 0.586. The lowest BCUT2D eigenvalue weighted by Crippen LogP contribution is -1.87. The molecule has 0 fully saturated rings. The highest BCUT2D eigenvalue weighted by atomic mass is 79.9. The molecule has 0 amide bonds. The first-order valence-corrected chi connectivity index (χ1v) is 6.24. The standard InChI is InChI=1S/C15H11BrO/c1-17-15-13(16)9-8-11-7-6-10-4-2-3-5-12(10)14(11)15/h2-9H,1H3. The molecule has 0 N–H and O–H groups in total. The molecule has 0 bridgehead atoms. The molecule has 0 aliphatic heterocycles. The third-order valence-corrected chi connectivity index (χ3v) is 3.64. The van der Waals surface area contributed by atoms with Gasteiger partial charge in [-0.1, -0.05) is 42.5 Å². The minimum Gasteiger partial charge on any atom is -0.495 e. The molecule has 0 saturated carbocycles. The number of ether oxygens (including phenoxy) is 1. The van der Waals surface area contributed by atoms with Crippen LogP contribution in [0.1, 0.15) is 0 Å². The van der Waals surface area contributed by atoms with Crippen molar-refractivity contribution < 1.29 is 4.74 Å². The number of hydrogen-bond donors (Lipinski definition) is 0. The smallest absolute Gasteiger partial charge is 0.141 e. The van der Waals surface area contributed by atoms with Crippen LogP contribution in [0.2, 0.25) is 0 Å². The summed E-state index contributed by atoms with van der Waals surface area (Å²) in [4.78, 5) is 0. The van der Waals surface area contributed by atoms with Gasteiger partial charge in [0, 0.05) is 5.39 Å². The molecule has 2 heteroatoms. The third-order valence-electron chi connectivity index (χ3n) is 3.02. The van der Waals surface area contributed by atoms with Crippen LogP contribution in [0.15, 0.2) is 53.0 Å². The number of hydrogen-bond acceptors (Lipinski definition) is 1. The monoisotopic (exact) mass is 286 g/mol. The normalized spacial score (nSPS) is 10.9. The average molecular weight is 287 g/mol. The van der Waals surface area contributed by atoms with Crippen LogP contribution >= 0.6 is 15.9 Å². The van der Waals surface area contributed by atoms with Gasteiger partial charge in [-0.15, -0.1) is 0 Å². The van der Waals surface area contributed by atoms with Crippen LogP contribution in [0.4, 0.5) is 0 Å². The number of fused-ring (bicyclic) bond motifs is 3. The lowest BCUT2D eigenvalue weighted by molar-refractivity contribution is 0.417. The Hall–Kier alpha value is -1.54. The Morgan fingerprint density at radius 2 is 1.59 bits per heavy atom. The predicted octanol–water partition coefficient (Wildman–Crippen LogP) is 4.76. The van der Waals surface area contributed by atoms with Crippen molar-refractivity contribution >= 4 is 37.5 Å². The van der Waals surface area contributed by atoms with Gasteiger partial charge >= 0.3 is 0 Å². The first kappa shape index (κ1) is 10.6. The van der Waals surface area contributed by atoms with E-state index in [9.17, 15) is 0 Å².